The molecule has 0 amide bonds. The Hall–Kier alpha value is -2.14. The van der Waals surface area contributed by atoms with Gasteiger partial charge in [-0.1, -0.05) is 23.4 Å². The number of aromatic nitrogens is 5. The zero-order valence-corrected chi connectivity index (χ0v) is 12.3. The lowest BCUT2D eigenvalue weighted by molar-refractivity contribution is 0.631. The summed E-state index contributed by atoms with van der Waals surface area (Å²) in [6, 6.07) is 12.0. The molecule has 3 aromatic rings. The molecule has 0 N–H and O–H groups in total. The Labute approximate surface area is 128 Å². The van der Waals surface area contributed by atoms with Crippen molar-refractivity contribution in [2.24, 2.45) is 0 Å². The molecule has 0 saturated heterocycles. The number of halogens is 1. The smallest absolute Gasteiger partial charge is 0.0867 e. The van der Waals surface area contributed by atoms with Crippen molar-refractivity contribution in [1.29, 1.82) is 0 Å². The fourth-order valence-electron chi connectivity index (χ4n) is 2.11. The molecule has 0 radical (unpaired) electrons. The molecule has 6 heteroatoms. The molecule has 5 nitrogen and oxygen atoms in total. The fraction of sp³-hybridized carbons (Fsp3) is 0.267. The van der Waals surface area contributed by atoms with Crippen LogP contribution in [-0.2, 0) is 13.0 Å². The molecule has 0 aliphatic rings. The summed E-state index contributed by atoms with van der Waals surface area (Å²) in [7, 11) is 0. The van der Waals surface area contributed by atoms with Gasteiger partial charge in [0.05, 0.1) is 23.6 Å². The maximum absolute atomic E-state index is 5.68. The van der Waals surface area contributed by atoms with Crippen molar-refractivity contribution < 1.29 is 0 Å². The molecule has 108 valence electrons. The molecular formula is C15H16ClN5. The highest BCUT2D eigenvalue weighted by molar-refractivity contribution is 6.17. The summed E-state index contributed by atoms with van der Waals surface area (Å²) >= 11 is 5.68. The second-order valence-electron chi connectivity index (χ2n) is 4.79. The van der Waals surface area contributed by atoms with Crippen molar-refractivity contribution in [2.45, 2.75) is 19.4 Å². The lowest BCUT2D eigenvalue weighted by Gasteiger charge is -2.00. The maximum atomic E-state index is 5.68. The van der Waals surface area contributed by atoms with Gasteiger partial charge in [0, 0.05) is 18.3 Å². The third-order valence-electron chi connectivity index (χ3n) is 3.14. The third kappa shape index (κ3) is 3.49. The average molecular weight is 302 g/mol. The Morgan fingerprint density at radius 3 is 2.71 bits per heavy atom. The second-order valence-corrected chi connectivity index (χ2v) is 5.17. The van der Waals surface area contributed by atoms with Crippen molar-refractivity contribution in [1.82, 2.24) is 24.8 Å². The summed E-state index contributed by atoms with van der Waals surface area (Å²) < 4.78 is 3.67. The monoisotopic (exact) mass is 301 g/mol. The second kappa shape index (κ2) is 6.54. The van der Waals surface area contributed by atoms with E-state index in [9.17, 15) is 0 Å². The van der Waals surface area contributed by atoms with Crippen LogP contribution in [0.25, 0.3) is 5.69 Å². The SMILES string of the molecule is ClCCCc1cn(Cc2ccn(-c3ccccc3)n2)nn1. The first-order chi connectivity index (χ1) is 10.3. The summed E-state index contributed by atoms with van der Waals surface area (Å²) in [5, 5.41) is 12.8. The first-order valence-electron chi connectivity index (χ1n) is 6.90. The first-order valence-corrected chi connectivity index (χ1v) is 7.43. The van der Waals surface area contributed by atoms with Crippen LogP contribution in [-0.4, -0.2) is 30.7 Å². The number of para-hydroxylation sites is 1. The van der Waals surface area contributed by atoms with E-state index in [1.807, 2.05) is 53.5 Å². The van der Waals surface area contributed by atoms with Crippen LogP contribution in [0.2, 0.25) is 0 Å². The lowest BCUT2D eigenvalue weighted by atomic mass is 10.3. The van der Waals surface area contributed by atoms with Crippen LogP contribution in [0.15, 0.2) is 48.8 Å². The van der Waals surface area contributed by atoms with Gasteiger partial charge in [0.15, 0.2) is 0 Å². The van der Waals surface area contributed by atoms with E-state index in [1.54, 1.807) is 4.68 Å². The van der Waals surface area contributed by atoms with Crippen molar-refractivity contribution in [2.75, 3.05) is 5.88 Å². The standard InChI is InChI=1S/C15H16ClN5/c16-9-4-5-13-11-20(19-17-13)12-14-8-10-21(18-14)15-6-2-1-3-7-15/h1-3,6-8,10-11H,4-5,9,12H2. The van der Waals surface area contributed by atoms with Gasteiger partial charge in [-0.05, 0) is 31.0 Å². The highest BCUT2D eigenvalue weighted by Gasteiger charge is 2.05. The first kappa shape index (κ1) is 13.8. The molecule has 0 spiro atoms. The third-order valence-corrected chi connectivity index (χ3v) is 3.41. The fourth-order valence-corrected chi connectivity index (χ4v) is 2.25. The van der Waals surface area contributed by atoms with Crippen LogP contribution in [0, 0.1) is 0 Å². The molecule has 0 fully saturated rings. The Kier molecular flexibility index (Phi) is 4.31. The van der Waals surface area contributed by atoms with Gasteiger partial charge in [0.2, 0.25) is 0 Å². The van der Waals surface area contributed by atoms with E-state index >= 15 is 0 Å². The molecule has 0 saturated carbocycles. The quantitative estimate of drug-likeness (QED) is 0.658. The lowest BCUT2D eigenvalue weighted by Crippen LogP contribution is -2.02. The van der Waals surface area contributed by atoms with Crippen LogP contribution in [0.1, 0.15) is 17.8 Å². The van der Waals surface area contributed by atoms with E-state index in [4.69, 9.17) is 11.6 Å². The van der Waals surface area contributed by atoms with Gasteiger partial charge >= 0.3 is 0 Å². The van der Waals surface area contributed by atoms with Gasteiger partial charge in [-0.25, -0.2) is 9.36 Å². The number of hydrogen-bond acceptors (Lipinski definition) is 3. The molecule has 3 rings (SSSR count). The van der Waals surface area contributed by atoms with Gasteiger partial charge in [0.25, 0.3) is 0 Å². The van der Waals surface area contributed by atoms with E-state index < -0.39 is 0 Å². The highest BCUT2D eigenvalue weighted by Crippen LogP contribution is 2.08. The molecule has 1 aromatic carbocycles. The predicted molar refractivity (Wildman–Crippen MR) is 81.7 cm³/mol. The molecule has 0 aliphatic carbocycles. The van der Waals surface area contributed by atoms with Gasteiger partial charge < -0.3 is 0 Å². The molecule has 0 bridgehead atoms. The molecular weight excluding hydrogens is 286 g/mol. The Morgan fingerprint density at radius 1 is 1.05 bits per heavy atom. The molecule has 0 unspecified atom stereocenters. The van der Waals surface area contributed by atoms with Crippen LogP contribution in [0.3, 0.4) is 0 Å². The summed E-state index contributed by atoms with van der Waals surface area (Å²) in [4.78, 5) is 0. The topological polar surface area (TPSA) is 48.5 Å². The van der Waals surface area contributed by atoms with E-state index in [0.29, 0.717) is 12.4 Å². The largest absolute Gasteiger partial charge is 0.246 e. The number of benzene rings is 1. The van der Waals surface area contributed by atoms with Crippen LogP contribution in [0.4, 0.5) is 0 Å². The zero-order valence-electron chi connectivity index (χ0n) is 11.6. The van der Waals surface area contributed by atoms with E-state index in [0.717, 1.165) is 29.9 Å². The predicted octanol–water partition coefficient (Wildman–Crippen LogP) is 2.68. The van der Waals surface area contributed by atoms with Crippen molar-refractivity contribution in [3.63, 3.8) is 0 Å². The number of nitrogens with zero attached hydrogens (tertiary/aromatic N) is 5. The minimum Gasteiger partial charge on any atom is -0.246 e. The van der Waals surface area contributed by atoms with E-state index in [-0.39, 0.29) is 0 Å². The molecule has 2 aromatic heterocycles. The maximum Gasteiger partial charge on any atom is 0.0867 e. The molecule has 2 heterocycles. The van der Waals surface area contributed by atoms with Gasteiger partial charge in [-0.2, -0.15) is 5.10 Å². The van der Waals surface area contributed by atoms with Gasteiger partial charge in [-0.15, -0.1) is 16.7 Å². The molecule has 21 heavy (non-hydrogen) atoms. The molecule has 0 aliphatic heterocycles. The summed E-state index contributed by atoms with van der Waals surface area (Å²) in [6.07, 6.45) is 5.69. The Morgan fingerprint density at radius 2 is 1.90 bits per heavy atom. The average Bonchev–Trinajstić information content (AvgIpc) is 3.16. The summed E-state index contributed by atoms with van der Waals surface area (Å²) in [5.41, 5.74) is 2.97. The summed E-state index contributed by atoms with van der Waals surface area (Å²) in [6.45, 7) is 0.619. The molecule has 0 atom stereocenters. The van der Waals surface area contributed by atoms with Crippen molar-refractivity contribution in [3.8, 4) is 5.69 Å². The zero-order chi connectivity index (χ0) is 14.5. The van der Waals surface area contributed by atoms with E-state index in [2.05, 4.69) is 15.4 Å². The number of rotatable bonds is 6. The van der Waals surface area contributed by atoms with Gasteiger partial charge in [-0.3, -0.25) is 0 Å². The van der Waals surface area contributed by atoms with Crippen molar-refractivity contribution in [3.05, 3.63) is 60.2 Å². The summed E-state index contributed by atoms with van der Waals surface area (Å²) in [5.74, 6) is 0.647. The number of aryl methyl sites for hydroxylation is 1. The highest BCUT2D eigenvalue weighted by atomic mass is 35.5. The van der Waals surface area contributed by atoms with E-state index in [1.165, 1.54) is 0 Å². The Bertz CT molecular complexity index is 689. The van der Waals surface area contributed by atoms with Gasteiger partial charge in [0.1, 0.15) is 0 Å². The van der Waals surface area contributed by atoms with Crippen molar-refractivity contribution >= 4 is 11.6 Å². The van der Waals surface area contributed by atoms with Crippen LogP contribution >= 0.6 is 11.6 Å². The Balaban J connectivity index is 1.68. The normalized spacial score (nSPS) is 10.9. The number of hydrogen-bond donors (Lipinski definition) is 0. The van der Waals surface area contributed by atoms with Crippen LogP contribution in [0.5, 0.6) is 0 Å². The van der Waals surface area contributed by atoms with Crippen LogP contribution < -0.4 is 0 Å². The minimum absolute atomic E-state index is 0.619. The number of alkyl halides is 1. The minimum atomic E-state index is 0.619.